The second-order valence-corrected chi connectivity index (χ2v) is 8.04. The maximum atomic E-state index is 12.6. The predicted octanol–water partition coefficient (Wildman–Crippen LogP) is 0.310. The SMILES string of the molecule is Nc1nnc(SCC(=O)N2CCCC(C(=O)N3CCOCC3)C2)s1. The first kappa shape index (κ1) is 17.4. The first-order valence-corrected chi connectivity index (χ1v) is 9.80. The van der Waals surface area contributed by atoms with Gasteiger partial charge in [-0.25, -0.2) is 0 Å². The van der Waals surface area contributed by atoms with Crippen LogP contribution < -0.4 is 5.73 Å². The fourth-order valence-corrected chi connectivity index (χ4v) is 4.48. The lowest BCUT2D eigenvalue weighted by Crippen LogP contribution is -2.49. The predicted molar refractivity (Wildman–Crippen MR) is 91.7 cm³/mol. The van der Waals surface area contributed by atoms with Crippen LogP contribution in [-0.2, 0) is 14.3 Å². The summed E-state index contributed by atoms with van der Waals surface area (Å²) in [6.07, 6.45) is 1.71. The van der Waals surface area contributed by atoms with Gasteiger partial charge in [-0.1, -0.05) is 23.1 Å². The molecular formula is C14H21N5O3S2. The number of carbonyl (C=O) groups excluding carboxylic acids is 2. The molecule has 3 heterocycles. The van der Waals surface area contributed by atoms with Crippen molar-refractivity contribution >= 4 is 40.0 Å². The minimum absolute atomic E-state index is 0.0354. The van der Waals surface area contributed by atoms with Crippen molar-refractivity contribution in [3.63, 3.8) is 0 Å². The van der Waals surface area contributed by atoms with Crippen LogP contribution in [0.5, 0.6) is 0 Å². The molecule has 24 heavy (non-hydrogen) atoms. The number of rotatable bonds is 4. The highest BCUT2D eigenvalue weighted by molar-refractivity contribution is 8.01. The van der Waals surface area contributed by atoms with E-state index in [0.717, 1.165) is 12.8 Å². The zero-order valence-corrected chi connectivity index (χ0v) is 15.0. The highest BCUT2D eigenvalue weighted by Gasteiger charge is 2.31. The standard InChI is InChI=1S/C14H21N5O3S2/c15-13-16-17-14(24-13)23-9-11(20)19-3-1-2-10(8-19)12(21)18-4-6-22-7-5-18/h10H,1-9H2,(H2,15,16). The third-order valence-corrected chi connectivity index (χ3v) is 6.06. The van der Waals surface area contributed by atoms with Crippen LogP contribution in [0.15, 0.2) is 4.34 Å². The summed E-state index contributed by atoms with van der Waals surface area (Å²) in [5.41, 5.74) is 5.54. The summed E-state index contributed by atoms with van der Waals surface area (Å²) in [6.45, 7) is 3.72. The monoisotopic (exact) mass is 371 g/mol. The molecule has 1 unspecified atom stereocenters. The number of morpholine rings is 1. The maximum Gasteiger partial charge on any atom is 0.233 e. The molecule has 0 spiro atoms. The van der Waals surface area contributed by atoms with Crippen molar-refractivity contribution in [2.45, 2.75) is 17.2 Å². The van der Waals surface area contributed by atoms with Crippen molar-refractivity contribution in [2.24, 2.45) is 5.92 Å². The van der Waals surface area contributed by atoms with Gasteiger partial charge in [-0.3, -0.25) is 9.59 Å². The number of ether oxygens (including phenoxy) is 1. The number of aromatic nitrogens is 2. The van der Waals surface area contributed by atoms with Crippen molar-refractivity contribution in [3.05, 3.63) is 0 Å². The molecule has 2 aliphatic rings. The van der Waals surface area contributed by atoms with Gasteiger partial charge in [0.25, 0.3) is 0 Å². The van der Waals surface area contributed by atoms with Gasteiger partial charge in [-0.2, -0.15) is 0 Å². The zero-order valence-electron chi connectivity index (χ0n) is 13.3. The first-order valence-electron chi connectivity index (χ1n) is 7.99. The highest BCUT2D eigenvalue weighted by atomic mass is 32.2. The van der Waals surface area contributed by atoms with E-state index in [4.69, 9.17) is 10.5 Å². The third kappa shape index (κ3) is 4.37. The van der Waals surface area contributed by atoms with E-state index in [-0.39, 0.29) is 17.7 Å². The van der Waals surface area contributed by atoms with Crippen LogP contribution in [0.2, 0.25) is 0 Å². The van der Waals surface area contributed by atoms with Gasteiger partial charge in [0.05, 0.1) is 24.9 Å². The average molecular weight is 371 g/mol. The van der Waals surface area contributed by atoms with E-state index in [2.05, 4.69) is 10.2 Å². The molecule has 1 atom stereocenters. The van der Waals surface area contributed by atoms with E-state index in [1.165, 1.54) is 23.1 Å². The molecule has 2 N–H and O–H groups in total. The second kappa shape index (κ2) is 8.13. The van der Waals surface area contributed by atoms with Crippen LogP contribution >= 0.6 is 23.1 Å². The summed E-state index contributed by atoms with van der Waals surface area (Å²) in [5, 5.41) is 8.04. The van der Waals surface area contributed by atoms with Gasteiger partial charge in [0.2, 0.25) is 16.9 Å². The quantitative estimate of drug-likeness (QED) is 0.760. The molecule has 132 valence electrons. The Hall–Kier alpha value is -1.39. The Kier molecular flexibility index (Phi) is 5.90. The van der Waals surface area contributed by atoms with Crippen molar-refractivity contribution in [3.8, 4) is 0 Å². The lowest BCUT2D eigenvalue weighted by atomic mass is 9.96. The van der Waals surface area contributed by atoms with Gasteiger partial charge in [0, 0.05) is 26.2 Å². The lowest BCUT2D eigenvalue weighted by Gasteiger charge is -2.36. The number of hydrogen-bond donors (Lipinski definition) is 1. The Morgan fingerprint density at radius 1 is 1.25 bits per heavy atom. The molecule has 2 fully saturated rings. The Morgan fingerprint density at radius 2 is 2.04 bits per heavy atom. The summed E-state index contributed by atoms with van der Waals surface area (Å²) in [7, 11) is 0. The smallest absolute Gasteiger partial charge is 0.233 e. The summed E-state index contributed by atoms with van der Waals surface area (Å²) < 4.78 is 5.99. The molecule has 8 nitrogen and oxygen atoms in total. The van der Waals surface area contributed by atoms with Crippen LogP contribution in [-0.4, -0.2) is 77.0 Å². The Morgan fingerprint density at radius 3 is 2.75 bits per heavy atom. The van der Waals surface area contributed by atoms with E-state index in [9.17, 15) is 9.59 Å². The second-order valence-electron chi connectivity index (χ2n) is 5.81. The number of likely N-dealkylation sites (tertiary alicyclic amines) is 1. The molecule has 0 saturated carbocycles. The summed E-state index contributed by atoms with van der Waals surface area (Å²) in [4.78, 5) is 28.7. The number of nitrogen functional groups attached to an aromatic ring is 1. The van der Waals surface area contributed by atoms with Crippen LogP contribution in [0.25, 0.3) is 0 Å². The molecular weight excluding hydrogens is 350 g/mol. The molecule has 2 amide bonds. The van der Waals surface area contributed by atoms with Gasteiger partial charge in [-0.15, -0.1) is 10.2 Å². The molecule has 2 saturated heterocycles. The minimum atomic E-state index is -0.0945. The number of amides is 2. The summed E-state index contributed by atoms with van der Waals surface area (Å²) in [6, 6.07) is 0. The largest absolute Gasteiger partial charge is 0.378 e. The fraction of sp³-hybridized carbons (Fsp3) is 0.714. The normalized spacial score (nSPS) is 21.8. The number of nitrogens with two attached hydrogens (primary N) is 1. The number of nitrogens with zero attached hydrogens (tertiary/aromatic N) is 4. The molecule has 1 aromatic heterocycles. The molecule has 10 heteroatoms. The van der Waals surface area contributed by atoms with Gasteiger partial charge < -0.3 is 20.3 Å². The summed E-state index contributed by atoms with van der Waals surface area (Å²) in [5.74, 6) is 0.393. The number of anilines is 1. The maximum absolute atomic E-state index is 12.6. The van der Waals surface area contributed by atoms with E-state index in [1.807, 2.05) is 4.90 Å². The van der Waals surface area contributed by atoms with Crippen LogP contribution in [0, 0.1) is 5.92 Å². The zero-order chi connectivity index (χ0) is 16.9. The van der Waals surface area contributed by atoms with Crippen molar-refractivity contribution < 1.29 is 14.3 Å². The van der Waals surface area contributed by atoms with Gasteiger partial charge in [0.1, 0.15) is 0 Å². The first-order chi connectivity index (χ1) is 11.6. The molecule has 0 aliphatic carbocycles. The highest BCUT2D eigenvalue weighted by Crippen LogP contribution is 2.25. The number of hydrogen-bond acceptors (Lipinski definition) is 8. The molecule has 0 aromatic carbocycles. The molecule has 0 bridgehead atoms. The topological polar surface area (TPSA) is 102 Å². The molecule has 1 aromatic rings. The number of thioether (sulfide) groups is 1. The third-order valence-electron chi connectivity index (χ3n) is 4.19. The van der Waals surface area contributed by atoms with Gasteiger partial charge in [-0.05, 0) is 12.8 Å². The molecule has 0 radical (unpaired) electrons. The van der Waals surface area contributed by atoms with E-state index >= 15 is 0 Å². The Bertz CT molecular complexity index is 591. The van der Waals surface area contributed by atoms with E-state index in [1.54, 1.807) is 4.90 Å². The molecule has 3 rings (SSSR count). The van der Waals surface area contributed by atoms with Crippen molar-refractivity contribution in [2.75, 3.05) is 50.9 Å². The number of carbonyl (C=O) groups is 2. The summed E-state index contributed by atoms with van der Waals surface area (Å²) >= 11 is 2.62. The Balaban J connectivity index is 1.50. The van der Waals surface area contributed by atoms with Gasteiger partial charge in [0.15, 0.2) is 4.34 Å². The van der Waals surface area contributed by atoms with Gasteiger partial charge >= 0.3 is 0 Å². The van der Waals surface area contributed by atoms with E-state index < -0.39 is 0 Å². The Labute approximate surface area is 148 Å². The van der Waals surface area contributed by atoms with Crippen LogP contribution in [0.1, 0.15) is 12.8 Å². The molecule has 2 aliphatic heterocycles. The van der Waals surface area contributed by atoms with E-state index in [0.29, 0.717) is 54.6 Å². The van der Waals surface area contributed by atoms with Crippen LogP contribution in [0.4, 0.5) is 5.13 Å². The van der Waals surface area contributed by atoms with Crippen LogP contribution in [0.3, 0.4) is 0 Å². The van der Waals surface area contributed by atoms with Crippen molar-refractivity contribution in [1.29, 1.82) is 0 Å². The fourth-order valence-electron chi connectivity index (χ4n) is 2.94. The number of piperidine rings is 1. The average Bonchev–Trinajstić information content (AvgIpc) is 3.05. The lowest BCUT2D eigenvalue weighted by molar-refractivity contribution is -0.143. The minimum Gasteiger partial charge on any atom is -0.378 e. The van der Waals surface area contributed by atoms with Crippen molar-refractivity contribution in [1.82, 2.24) is 20.0 Å².